The van der Waals surface area contributed by atoms with Gasteiger partial charge in [0.2, 0.25) is 23.6 Å². The van der Waals surface area contributed by atoms with Gasteiger partial charge in [-0.3, -0.25) is 28.3 Å². The van der Waals surface area contributed by atoms with E-state index in [1.165, 1.54) is 0 Å². The highest BCUT2D eigenvalue weighted by Crippen LogP contribution is 2.40. The zero-order valence-corrected chi connectivity index (χ0v) is 65.0. The van der Waals surface area contributed by atoms with E-state index in [1.807, 2.05) is 0 Å². The molecule has 0 saturated carbocycles. The fourth-order valence-corrected chi connectivity index (χ4v) is 15.3. The van der Waals surface area contributed by atoms with E-state index in [0.717, 1.165) is 27.7 Å². The third-order valence-electron chi connectivity index (χ3n) is 20.8. The number of aliphatic hydroxyl groups excluding tert-OH is 23. The maximum absolute atomic E-state index is 13.0. The van der Waals surface area contributed by atoms with Gasteiger partial charge in [-0.25, -0.2) is 8.37 Å². The van der Waals surface area contributed by atoms with E-state index in [9.17, 15) is 163 Å². The zero-order valence-electron chi connectivity index (χ0n) is 63.4. The summed E-state index contributed by atoms with van der Waals surface area (Å²) < 4.78 is 177. The Labute approximate surface area is 678 Å². The van der Waals surface area contributed by atoms with Crippen LogP contribution in [0.15, 0.2) is 0 Å². The molecule has 29 N–H and O–H groups in total. The van der Waals surface area contributed by atoms with Gasteiger partial charge in [-0.2, -0.15) is 16.8 Å². The van der Waals surface area contributed by atoms with Gasteiger partial charge < -0.3 is 219 Å². The number of ether oxygens (including phenoxy) is 17. The second kappa shape index (κ2) is 42.8. The van der Waals surface area contributed by atoms with Gasteiger partial charge in [0.25, 0.3) is 0 Å². The number of hydrogen-bond donors (Lipinski definition) is 29. The van der Waals surface area contributed by atoms with Crippen LogP contribution in [0.5, 0.6) is 0 Å². The Balaban J connectivity index is 1.09. The van der Waals surface area contributed by atoms with Crippen LogP contribution in [0, 0.1) is 0 Å². The fourth-order valence-electron chi connectivity index (χ4n) is 14.7. The Bertz CT molecular complexity index is 3520. The maximum Gasteiger partial charge on any atom is 0.397 e. The third kappa shape index (κ3) is 23.5. The number of rotatable bonds is 33. The standard InChI is InChI=1S/C62H104N4O52S2/c1-14(73)63-27-36(82)47(22(9-71)103-54(27)93)112-55-28(64-15(2)74)37(83)48(23(10-72)108-55)113-60-46(92)51(116-62-53(43(89)34(80)21(8-70)107-62)118-57-30(66-17(4)76)39(85)50(26(111-57)13-102-120(97,98)99)115-59-45(91)41(87)32(78)19(6-68)105-59)35(81)24(109-60)11-100-61-52(42(88)33(79)20(7-69)106-61)117-56-29(65-16(3)75)38(84)49(25(110-56)12-101-119(94,95)96)114-58-44(90)40(86)31(77)18(5-67)104-58/h18-62,67-72,77-93H,5-13H2,1-4H3,(H,63,73)(H,64,74)(H,65,75)(H,66,76)(H,94,95,96)(H,97,98,99)/t18-,19-,20-,21-,22-,23-,24-,25-,26-,27-,28-,29-,30-,31+,32+,33-,34-,35-,36-,37-,38-,39-,40+,41+,42+,43+,44-,45-,46+,47-,48-,49-,50-,51+,52+,53+,54-,55+,56+,57+,58+,59+,60+,61+,62-/m1/s1. The summed E-state index contributed by atoms with van der Waals surface area (Å²) in [6, 6.07) is -7.94. The Morgan fingerprint density at radius 3 is 0.892 bits per heavy atom. The van der Waals surface area contributed by atoms with E-state index < -0.39 is 380 Å². The summed E-state index contributed by atoms with van der Waals surface area (Å²) in [5.74, 6) is -3.95. The van der Waals surface area contributed by atoms with Gasteiger partial charge in [0.05, 0.1) is 59.5 Å². The quantitative estimate of drug-likeness (QED) is 0.0271. The average Bonchev–Trinajstić information content (AvgIpc) is 0.771. The first-order valence-corrected chi connectivity index (χ1v) is 39.7. The van der Waals surface area contributed by atoms with E-state index in [0.29, 0.717) is 0 Å². The predicted molar refractivity (Wildman–Crippen MR) is 364 cm³/mol. The molecule has 0 bridgehead atoms. The van der Waals surface area contributed by atoms with Crippen molar-refractivity contribution in [1.82, 2.24) is 21.3 Å². The van der Waals surface area contributed by atoms with Gasteiger partial charge in [0.1, 0.15) is 219 Å². The molecule has 9 aliphatic heterocycles. The van der Waals surface area contributed by atoms with Crippen molar-refractivity contribution in [3.8, 4) is 0 Å². The van der Waals surface area contributed by atoms with E-state index in [4.69, 9.17) is 80.5 Å². The number of hydrogen-bond acceptors (Lipinski definition) is 50. The lowest BCUT2D eigenvalue weighted by Gasteiger charge is -2.51. The Hall–Kier alpha value is -3.98. The molecule has 45 atom stereocenters. The number of nitrogens with one attached hydrogen (secondary N) is 4. The van der Waals surface area contributed by atoms with Crippen molar-refractivity contribution in [3.05, 3.63) is 0 Å². The first-order chi connectivity index (χ1) is 56.3. The molecule has 0 unspecified atom stereocenters. The van der Waals surface area contributed by atoms with Gasteiger partial charge in [0.15, 0.2) is 56.6 Å². The smallest absolute Gasteiger partial charge is 0.394 e. The summed E-state index contributed by atoms with van der Waals surface area (Å²) in [4.78, 5) is 51.2. The van der Waals surface area contributed by atoms with Crippen LogP contribution in [0.25, 0.3) is 0 Å². The van der Waals surface area contributed by atoms with Gasteiger partial charge in [-0.1, -0.05) is 0 Å². The van der Waals surface area contributed by atoms with Crippen LogP contribution in [-0.2, 0) is 129 Å². The summed E-state index contributed by atoms with van der Waals surface area (Å²) in [5, 5.41) is 266. The van der Waals surface area contributed by atoms with E-state index in [2.05, 4.69) is 29.6 Å². The van der Waals surface area contributed by atoms with Crippen molar-refractivity contribution in [3.63, 3.8) is 0 Å². The van der Waals surface area contributed by atoms with Gasteiger partial charge in [-0.05, 0) is 0 Å². The number of aliphatic hydroxyl groups is 23. The highest BCUT2D eigenvalue weighted by atomic mass is 32.3. The Morgan fingerprint density at radius 1 is 0.258 bits per heavy atom. The summed E-state index contributed by atoms with van der Waals surface area (Å²) in [6.45, 7) is -7.51. The number of carbonyl (C=O) groups is 4. The Kier molecular flexibility index (Phi) is 35.6. The fraction of sp³-hybridized carbons (Fsp3) is 0.935. The monoisotopic (exact) mass is 1800 g/mol. The summed E-state index contributed by atoms with van der Waals surface area (Å²) in [5.41, 5.74) is 0. The molecule has 56 nitrogen and oxygen atoms in total. The van der Waals surface area contributed by atoms with Crippen molar-refractivity contribution in [2.24, 2.45) is 0 Å². The average molecular weight is 1800 g/mol. The topological polar surface area (TPSA) is 866 Å². The van der Waals surface area contributed by atoms with Gasteiger partial charge in [-0.15, -0.1) is 0 Å². The molecule has 9 rings (SSSR count). The second-order valence-electron chi connectivity index (χ2n) is 29.2. The van der Waals surface area contributed by atoms with Crippen molar-refractivity contribution in [2.45, 2.75) is 304 Å². The lowest BCUT2D eigenvalue weighted by atomic mass is 9.93. The van der Waals surface area contributed by atoms with Crippen LogP contribution >= 0.6 is 0 Å². The van der Waals surface area contributed by atoms with E-state index in [-0.39, 0.29) is 0 Å². The molecule has 4 amide bonds. The molecule has 0 spiro atoms. The SMILES string of the molecule is CC(=O)N[C@@H]1[C@@H](O)[C@H](O[C@@H]2O[C@H](CO)[C@@H](O[C@@H]3O[C@H](CO[C@H]4O[C@H](CO)[C@@H](O)[C@H](O)[C@@H]4O[C@@H]4O[C@H](COS(=O)(=O)O)[C@@H](O[C@@H]5O[C@H](CO)[C@H](O)[C@H](O)[C@H]5O)[C@H](O)[C@H]4NC(C)=O)[C@@H](O)[C@H](O[C@H]4O[C@H](CO)[C@@H](O)[C@H](O)[C@@H]4O[C@@H]4O[C@H](COS(=O)(=O)O)[C@@H](O[C@@H]5O[C@H](CO)[C@H](O)[C@H](O)[C@H]5O)[C@H](O)[C@H]4NC(C)=O)[C@@H]3O)[C@H](O)[C@H]2NC(C)=O)[C@@H](CO)O[C@H]1O. The van der Waals surface area contributed by atoms with Crippen LogP contribution in [0.1, 0.15) is 27.7 Å². The molecule has 120 heavy (non-hydrogen) atoms. The van der Waals surface area contributed by atoms with Gasteiger partial charge >= 0.3 is 20.8 Å². The molecule has 9 fully saturated rings. The minimum Gasteiger partial charge on any atom is -0.394 e. The molecule has 9 saturated heterocycles. The minimum absolute atomic E-state index is 0.822. The summed E-state index contributed by atoms with van der Waals surface area (Å²) in [7, 11) is -11.0. The van der Waals surface area contributed by atoms with Crippen molar-refractivity contribution in [2.75, 3.05) is 59.5 Å². The highest BCUT2D eigenvalue weighted by molar-refractivity contribution is 7.81. The molecular formula is C62H104N4O52S2. The molecule has 0 aromatic rings. The van der Waals surface area contributed by atoms with Crippen molar-refractivity contribution >= 4 is 44.4 Å². The molecule has 9 aliphatic rings. The van der Waals surface area contributed by atoms with Crippen LogP contribution in [0.2, 0.25) is 0 Å². The molecule has 58 heteroatoms. The van der Waals surface area contributed by atoms with Gasteiger partial charge in [0, 0.05) is 27.7 Å². The van der Waals surface area contributed by atoms with Crippen LogP contribution < -0.4 is 21.3 Å². The van der Waals surface area contributed by atoms with E-state index in [1.54, 1.807) is 0 Å². The number of carbonyl (C=O) groups excluding carboxylic acids is 4. The molecule has 0 aromatic heterocycles. The zero-order chi connectivity index (χ0) is 88.9. The van der Waals surface area contributed by atoms with E-state index >= 15 is 0 Å². The summed E-state index contributed by atoms with van der Waals surface area (Å²) >= 11 is 0. The first-order valence-electron chi connectivity index (χ1n) is 36.9. The second-order valence-corrected chi connectivity index (χ2v) is 31.4. The lowest BCUT2D eigenvalue weighted by Crippen LogP contribution is -2.71. The summed E-state index contributed by atoms with van der Waals surface area (Å²) in [6.07, 6.45) is -91.5. The Morgan fingerprint density at radius 2 is 0.525 bits per heavy atom. The molecule has 0 radical (unpaired) electrons. The van der Waals surface area contributed by atoms with Crippen LogP contribution in [0.4, 0.5) is 0 Å². The van der Waals surface area contributed by atoms with Crippen LogP contribution in [-0.4, -0.2) is 503 Å². The largest absolute Gasteiger partial charge is 0.397 e. The molecule has 0 aliphatic carbocycles. The predicted octanol–water partition coefficient (Wildman–Crippen LogP) is -20.4. The lowest BCUT2D eigenvalue weighted by molar-refractivity contribution is -0.399. The third-order valence-corrected chi connectivity index (χ3v) is 21.6. The molecule has 9 heterocycles. The highest BCUT2D eigenvalue weighted by Gasteiger charge is 2.61. The van der Waals surface area contributed by atoms with Crippen LogP contribution in [0.3, 0.4) is 0 Å². The first kappa shape index (κ1) is 99.8. The molecule has 696 valence electrons. The molecular weight excluding hydrogens is 1700 g/mol. The number of amides is 4. The molecule has 0 aromatic carbocycles. The van der Waals surface area contributed by atoms with Crippen molar-refractivity contribution in [1.29, 1.82) is 0 Å². The normalized spacial score (nSPS) is 46.7. The minimum atomic E-state index is -5.53. The maximum atomic E-state index is 13.0. The van der Waals surface area contributed by atoms with Crippen molar-refractivity contribution < 1.29 is 251 Å².